The monoisotopic (exact) mass is 219 g/mol. The highest BCUT2D eigenvalue weighted by atomic mass is 19.4. The molecule has 5 heteroatoms. The second kappa shape index (κ2) is 4.53. The largest absolute Gasteiger partial charge is 0.484 e. The summed E-state index contributed by atoms with van der Waals surface area (Å²) >= 11 is 0. The van der Waals surface area contributed by atoms with Crippen molar-refractivity contribution in [1.82, 2.24) is 0 Å². The van der Waals surface area contributed by atoms with Crippen molar-refractivity contribution in [2.45, 2.75) is 13.1 Å². The van der Waals surface area contributed by atoms with Crippen molar-refractivity contribution >= 4 is 0 Å². The summed E-state index contributed by atoms with van der Waals surface area (Å²) in [6, 6.07) is 4.52. The van der Waals surface area contributed by atoms with Gasteiger partial charge in [-0.1, -0.05) is 12.1 Å². The quantitative estimate of drug-likeness (QED) is 0.846. The van der Waals surface area contributed by atoms with E-state index >= 15 is 0 Å². The van der Waals surface area contributed by atoms with Crippen LogP contribution in [0.3, 0.4) is 0 Å². The molecule has 0 aliphatic rings. The van der Waals surface area contributed by atoms with Gasteiger partial charge >= 0.3 is 6.18 Å². The van der Waals surface area contributed by atoms with Crippen LogP contribution in [0.25, 0.3) is 0 Å². The zero-order valence-corrected chi connectivity index (χ0v) is 8.01. The first-order valence-corrected chi connectivity index (χ1v) is 4.20. The minimum absolute atomic E-state index is 0.120. The molecule has 0 unspecified atom stereocenters. The summed E-state index contributed by atoms with van der Waals surface area (Å²) in [5.41, 5.74) is 0.916. The van der Waals surface area contributed by atoms with Gasteiger partial charge in [-0.15, -0.1) is 0 Å². The molecule has 0 saturated heterocycles. The van der Waals surface area contributed by atoms with Crippen LogP contribution in [-0.4, -0.2) is 17.9 Å². The molecule has 1 N–H and O–H groups in total. The highest BCUT2D eigenvalue weighted by molar-refractivity contribution is 5.41. The third-order valence-corrected chi connectivity index (χ3v) is 1.86. The topological polar surface area (TPSA) is 29.5 Å². The smallest absolute Gasteiger partial charge is 0.422 e. The molecule has 0 spiro atoms. The number of hydrogen-bond donors (Lipinski definition) is 1. The Balaban J connectivity index is 2.78. The summed E-state index contributed by atoms with van der Waals surface area (Å²) in [6.45, 7) is 1.08. The Hall–Kier alpha value is -1.23. The van der Waals surface area contributed by atoms with Crippen molar-refractivity contribution < 1.29 is 23.0 Å². The van der Waals surface area contributed by atoms with Gasteiger partial charge in [-0.25, -0.2) is 0 Å². The lowest BCUT2D eigenvalue weighted by molar-refractivity contribution is -0.153. The first kappa shape index (κ1) is 11.8. The maximum atomic E-state index is 11.9. The van der Waals surface area contributed by atoms with Crippen LogP contribution < -0.4 is 4.74 Å². The van der Waals surface area contributed by atoms with E-state index in [0.29, 0.717) is 11.1 Å². The van der Waals surface area contributed by atoms with E-state index in [0.717, 1.165) is 6.61 Å². The fourth-order valence-corrected chi connectivity index (χ4v) is 1.09. The van der Waals surface area contributed by atoms with Gasteiger partial charge in [-0.3, -0.25) is 0 Å². The summed E-state index contributed by atoms with van der Waals surface area (Å²) in [7, 11) is 0. The molecule has 2 nitrogen and oxygen atoms in total. The zero-order chi connectivity index (χ0) is 11.5. The van der Waals surface area contributed by atoms with Crippen LogP contribution in [0.1, 0.15) is 11.1 Å². The standard InChI is InChI=1S/C10H10F3O2/c1-7-8(5-14)3-2-4-9(7)15-6-10(11,12)13/h2-5,14H,6H2,1H3. The van der Waals surface area contributed by atoms with E-state index in [1.165, 1.54) is 12.1 Å². The first-order chi connectivity index (χ1) is 6.94. The van der Waals surface area contributed by atoms with Gasteiger partial charge in [0.2, 0.25) is 0 Å². The maximum absolute atomic E-state index is 11.9. The predicted octanol–water partition coefficient (Wildman–Crippen LogP) is 2.82. The molecular formula is C10H10F3O2. The van der Waals surface area contributed by atoms with E-state index in [1.54, 1.807) is 13.0 Å². The van der Waals surface area contributed by atoms with Gasteiger partial charge in [0.05, 0.1) is 0 Å². The lowest BCUT2D eigenvalue weighted by atomic mass is 10.1. The minimum Gasteiger partial charge on any atom is -0.484 e. The van der Waals surface area contributed by atoms with Crippen molar-refractivity contribution in [3.8, 4) is 5.75 Å². The third-order valence-electron chi connectivity index (χ3n) is 1.86. The molecule has 1 aromatic rings. The van der Waals surface area contributed by atoms with Crippen molar-refractivity contribution in [1.29, 1.82) is 0 Å². The van der Waals surface area contributed by atoms with Gasteiger partial charge in [0, 0.05) is 0 Å². The molecular weight excluding hydrogens is 209 g/mol. The Kier molecular flexibility index (Phi) is 3.57. The van der Waals surface area contributed by atoms with Gasteiger partial charge in [0.1, 0.15) is 12.4 Å². The summed E-state index contributed by atoms with van der Waals surface area (Å²) in [4.78, 5) is 0. The molecule has 0 aliphatic carbocycles. The number of hydrogen-bond acceptors (Lipinski definition) is 2. The Morgan fingerprint density at radius 1 is 1.40 bits per heavy atom. The van der Waals surface area contributed by atoms with Gasteiger partial charge < -0.3 is 9.84 Å². The number of benzene rings is 1. The van der Waals surface area contributed by atoms with Crippen LogP contribution in [0.15, 0.2) is 18.2 Å². The van der Waals surface area contributed by atoms with Crippen molar-refractivity contribution in [3.63, 3.8) is 0 Å². The first-order valence-electron chi connectivity index (χ1n) is 4.20. The van der Waals surface area contributed by atoms with Crippen LogP contribution >= 0.6 is 0 Å². The molecule has 1 aromatic carbocycles. The van der Waals surface area contributed by atoms with Crippen LogP contribution in [0, 0.1) is 13.5 Å². The number of rotatable bonds is 3. The minimum atomic E-state index is -4.36. The van der Waals surface area contributed by atoms with Gasteiger partial charge in [-0.2, -0.15) is 13.2 Å². The average molecular weight is 219 g/mol. The number of aliphatic hydroxyl groups is 1. The van der Waals surface area contributed by atoms with E-state index in [-0.39, 0.29) is 5.75 Å². The van der Waals surface area contributed by atoms with Gasteiger partial charge in [-0.05, 0) is 24.1 Å². The van der Waals surface area contributed by atoms with Crippen molar-refractivity contribution in [2.24, 2.45) is 0 Å². The predicted molar refractivity (Wildman–Crippen MR) is 48.1 cm³/mol. The molecule has 15 heavy (non-hydrogen) atoms. The van der Waals surface area contributed by atoms with Crippen molar-refractivity contribution in [2.75, 3.05) is 6.61 Å². The number of alkyl halides is 3. The third kappa shape index (κ3) is 3.43. The fourth-order valence-electron chi connectivity index (χ4n) is 1.09. The number of aliphatic hydroxyl groups excluding tert-OH is 1. The molecule has 83 valence electrons. The molecule has 1 rings (SSSR count). The van der Waals surface area contributed by atoms with Crippen LogP contribution in [0.5, 0.6) is 5.75 Å². The molecule has 0 aromatic heterocycles. The van der Waals surface area contributed by atoms with E-state index in [1.807, 2.05) is 0 Å². The van der Waals surface area contributed by atoms with Crippen molar-refractivity contribution in [3.05, 3.63) is 35.9 Å². The molecule has 0 bridgehead atoms. The summed E-state index contributed by atoms with van der Waals surface area (Å²) in [5.74, 6) is 0.120. The molecule has 0 amide bonds. The Bertz CT molecular complexity index is 334. The van der Waals surface area contributed by atoms with Gasteiger partial charge in [0.15, 0.2) is 6.61 Å². The Morgan fingerprint density at radius 2 is 2.07 bits per heavy atom. The second-order valence-electron chi connectivity index (χ2n) is 3.00. The van der Waals surface area contributed by atoms with Crippen LogP contribution in [0.4, 0.5) is 13.2 Å². The van der Waals surface area contributed by atoms with E-state index in [9.17, 15) is 13.2 Å². The average Bonchev–Trinajstić information content (AvgIpc) is 2.15. The molecule has 0 atom stereocenters. The maximum Gasteiger partial charge on any atom is 0.422 e. The Morgan fingerprint density at radius 3 is 2.60 bits per heavy atom. The van der Waals surface area contributed by atoms with Gasteiger partial charge in [0.25, 0.3) is 0 Å². The SMILES string of the molecule is Cc1c([CH]O)cccc1OCC(F)(F)F. The number of ether oxygens (including phenoxy) is 1. The van der Waals surface area contributed by atoms with E-state index in [2.05, 4.69) is 4.74 Å². The summed E-state index contributed by atoms with van der Waals surface area (Å²) < 4.78 is 40.2. The molecule has 0 saturated carbocycles. The summed E-state index contributed by atoms with van der Waals surface area (Å²) in [6.07, 6.45) is -4.36. The fraction of sp³-hybridized carbons (Fsp3) is 0.300. The summed E-state index contributed by atoms with van der Waals surface area (Å²) in [5, 5.41) is 8.77. The van der Waals surface area contributed by atoms with Crippen LogP contribution in [0.2, 0.25) is 0 Å². The lowest BCUT2D eigenvalue weighted by Gasteiger charge is -2.12. The highest BCUT2D eigenvalue weighted by Crippen LogP contribution is 2.24. The molecule has 0 fully saturated rings. The van der Waals surface area contributed by atoms with E-state index in [4.69, 9.17) is 5.11 Å². The normalized spacial score (nSPS) is 11.5. The second-order valence-corrected chi connectivity index (χ2v) is 3.00. The Labute approximate surface area is 85.3 Å². The number of halogens is 3. The van der Waals surface area contributed by atoms with E-state index < -0.39 is 12.8 Å². The van der Waals surface area contributed by atoms with Crippen LogP contribution in [-0.2, 0) is 0 Å². The molecule has 0 aliphatic heterocycles. The molecule has 0 heterocycles. The molecule has 1 radical (unpaired) electrons. The zero-order valence-electron chi connectivity index (χ0n) is 8.01. The highest BCUT2D eigenvalue weighted by Gasteiger charge is 2.28. The lowest BCUT2D eigenvalue weighted by Crippen LogP contribution is -2.19.